The zero-order valence-electron chi connectivity index (χ0n) is 22.8. The zero-order valence-corrected chi connectivity index (χ0v) is 26.7. The van der Waals surface area contributed by atoms with Crippen molar-refractivity contribution in [2.24, 2.45) is 5.92 Å². The van der Waals surface area contributed by atoms with Crippen molar-refractivity contribution in [2.75, 3.05) is 5.32 Å². The maximum atomic E-state index is 13.9. The smallest absolute Gasteiger partial charge is 0.326 e. The summed E-state index contributed by atoms with van der Waals surface area (Å²) in [7, 11) is -4.29. The number of halogens is 4. The van der Waals surface area contributed by atoms with Gasteiger partial charge in [-0.2, -0.15) is 4.31 Å². The van der Waals surface area contributed by atoms with E-state index < -0.39 is 45.9 Å². The predicted molar refractivity (Wildman–Crippen MR) is 167 cm³/mol. The maximum Gasteiger partial charge on any atom is 0.326 e. The Labute approximate surface area is 273 Å². The molecule has 2 atom stereocenters. The highest BCUT2D eigenvalue weighted by Crippen LogP contribution is 2.44. The van der Waals surface area contributed by atoms with Crippen LogP contribution < -0.4 is 10.6 Å². The van der Waals surface area contributed by atoms with Crippen LogP contribution in [0, 0.1) is 5.92 Å². The lowest BCUT2D eigenvalue weighted by atomic mass is 9.76. The lowest BCUT2D eigenvalue weighted by molar-refractivity contribution is -0.143. The molecule has 3 aromatic rings. The van der Waals surface area contributed by atoms with Gasteiger partial charge in [-0.05, 0) is 73.6 Å². The van der Waals surface area contributed by atoms with Crippen LogP contribution in [0.15, 0.2) is 59.5 Å². The molecule has 1 aromatic heterocycles. The zero-order chi connectivity index (χ0) is 31.8. The Hall–Kier alpha value is -2.93. The van der Waals surface area contributed by atoms with Gasteiger partial charge in [-0.15, -0.1) is 0 Å². The molecule has 2 amide bonds. The summed E-state index contributed by atoms with van der Waals surface area (Å²) in [4.78, 5) is 42.0. The Morgan fingerprint density at radius 3 is 2.09 bits per heavy atom. The van der Waals surface area contributed by atoms with Gasteiger partial charge in [0.25, 0.3) is 5.91 Å². The molecule has 232 valence electrons. The molecular weight excluding hydrogens is 674 g/mol. The summed E-state index contributed by atoms with van der Waals surface area (Å²) in [6.07, 6.45) is 2.32. The van der Waals surface area contributed by atoms with Crippen LogP contribution in [0.1, 0.15) is 41.6 Å². The van der Waals surface area contributed by atoms with Gasteiger partial charge in [0.2, 0.25) is 15.9 Å². The Bertz CT molecular complexity index is 1670. The van der Waals surface area contributed by atoms with Crippen LogP contribution in [-0.2, 0) is 26.0 Å². The number of anilines is 1. The van der Waals surface area contributed by atoms with Crippen molar-refractivity contribution in [2.45, 2.75) is 55.1 Å². The van der Waals surface area contributed by atoms with Crippen LogP contribution in [0.5, 0.6) is 0 Å². The van der Waals surface area contributed by atoms with E-state index in [0.29, 0.717) is 36.9 Å². The molecule has 10 nitrogen and oxygen atoms in total. The number of carbonyl (C=O) groups is 3. The van der Waals surface area contributed by atoms with E-state index in [1.807, 2.05) is 0 Å². The molecule has 0 spiro atoms. The standard InChI is InChI=1S/C29H26Cl4N4O6S/c30-20-2-1-3-21(31)26(20)44(42,43)37-19-10-6-16(7-11-19)25(37)28(39)35-22(29(40)41)12-15-4-8-18(9-5-15)34-27(38)17-13-23(32)36-24(33)14-17/h1-5,8-9,13-14,16,19,22,25H,6-7,10-12H2,(H,34,38)(H,35,39)(H,40,41)/t16?,19?,22-,25?/m0/s1. The minimum atomic E-state index is -4.29. The maximum absolute atomic E-state index is 13.9. The van der Waals surface area contributed by atoms with Gasteiger partial charge < -0.3 is 15.7 Å². The van der Waals surface area contributed by atoms with Gasteiger partial charge in [-0.3, -0.25) is 9.59 Å². The number of nitrogens with zero attached hydrogens (tertiary/aromatic N) is 2. The molecule has 2 aromatic carbocycles. The highest BCUT2D eigenvalue weighted by Gasteiger charge is 2.52. The quantitative estimate of drug-likeness (QED) is 0.243. The van der Waals surface area contributed by atoms with Gasteiger partial charge in [0.05, 0.1) is 10.0 Å². The van der Waals surface area contributed by atoms with E-state index in [4.69, 9.17) is 46.4 Å². The number of pyridine rings is 1. The molecule has 3 heterocycles. The van der Waals surface area contributed by atoms with Crippen molar-refractivity contribution < 1.29 is 27.9 Å². The number of aromatic nitrogens is 1. The van der Waals surface area contributed by atoms with Gasteiger partial charge in [0.15, 0.2) is 0 Å². The third-order valence-electron chi connectivity index (χ3n) is 7.84. The summed E-state index contributed by atoms with van der Waals surface area (Å²) in [5, 5.41) is 15.2. The number of fused-ring (bicyclic) bond motifs is 3. The molecule has 1 saturated carbocycles. The monoisotopic (exact) mass is 698 g/mol. The average molecular weight is 700 g/mol. The van der Waals surface area contributed by atoms with Crippen LogP contribution in [0.3, 0.4) is 0 Å². The number of amides is 2. The molecule has 0 radical (unpaired) electrons. The number of hydrogen-bond acceptors (Lipinski definition) is 6. The first-order chi connectivity index (χ1) is 20.8. The van der Waals surface area contributed by atoms with Crippen molar-refractivity contribution in [1.82, 2.24) is 14.6 Å². The summed E-state index contributed by atoms with van der Waals surface area (Å²) in [6, 6.07) is 10.6. The van der Waals surface area contributed by atoms with Crippen LogP contribution in [0.2, 0.25) is 20.4 Å². The Morgan fingerprint density at radius 2 is 1.52 bits per heavy atom. The molecule has 2 saturated heterocycles. The number of carbonyl (C=O) groups excluding carboxylic acids is 2. The van der Waals surface area contributed by atoms with Crippen LogP contribution >= 0.6 is 46.4 Å². The van der Waals surface area contributed by atoms with E-state index in [1.54, 1.807) is 24.3 Å². The first-order valence-electron chi connectivity index (χ1n) is 13.6. The van der Waals surface area contributed by atoms with Crippen molar-refractivity contribution in [3.63, 3.8) is 0 Å². The molecule has 3 fully saturated rings. The second-order valence-electron chi connectivity index (χ2n) is 10.7. The summed E-state index contributed by atoms with van der Waals surface area (Å²) in [5.74, 6) is -2.75. The highest BCUT2D eigenvalue weighted by molar-refractivity contribution is 7.89. The molecule has 6 rings (SSSR count). The van der Waals surface area contributed by atoms with Gasteiger partial charge >= 0.3 is 5.97 Å². The third-order valence-corrected chi connectivity index (χ3v) is 11.1. The number of piperidine rings is 2. The van der Waals surface area contributed by atoms with Crippen molar-refractivity contribution in [1.29, 1.82) is 0 Å². The number of sulfonamides is 1. The van der Waals surface area contributed by atoms with Gasteiger partial charge in [0.1, 0.15) is 27.3 Å². The Balaban J connectivity index is 1.32. The summed E-state index contributed by atoms with van der Waals surface area (Å²) >= 11 is 24.3. The Kier molecular flexibility index (Phi) is 9.74. The largest absolute Gasteiger partial charge is 0.480 e. The number of rotatable bonds is 9. The average Bonchev–Trinajstić information content (AvgIpc) is 2.97. The van der Waals surface area contributed by atoms with Crippen molar-refractivity contribution in [3.05, 3.63) is 86.1 Å². The van der Waals surface area contributed by atoms with E-state index >= 15 is 0 Å². The summed E-state index contributed by atoms with van der Waals surface area (Å²) < 4.78 is 29.0. The van der Waals surface area contributed by atoms with E-state index in [0.717, 1.165) is 0 Å². The van der Waals surface area contributed by atoms with E-state index in [9.17, 15) is 27.9 Å². The highest BCUT2D eigenvalue weighted by atomic mass is 35.5. The van der Waals surface area contributed by atoms with Gasteiger partial charge in [-0.25, -0.2) is 18.2 Å². The predicted octanol–water partition coefficient (Wildman–Crippen LogP) is 5.69. The minimum absolute atomic E-state index is 0.0606. The van der Waals surface area contributed by atoms with E-state index in [-0.39, 0.29) is 43.1 Å². The van der Waals surface area contributed by atoms with Crippen LogP contribution in [0.25, 0.3) is 0 Å². The molecule has 2 bridgehead atoms. The number of benzene rings is 2. The SMILES string of the molecule is O=C(Nc1ccc(C[C@H](NC(=O)C2C3CCC(CC3)N2S(=O)(=O)c2c(Cl)cccc2Cl)C(=O)O)cc1)c1cc(Cl)nc(Cl)c1. The fourth-order valence-electron chi connectivity index (χ4n) is 5.83. The molecule has 3 N–H and O–H groups in total. The number of nitrogens with one attached hydrogen (secondary N) is 2. The van der Waals surface area contributed by atoms with E-state index in [1.165, 1.54) is 34.6 Å². The van der Waals surface area contributed by atoms with Crippen LogP contribution in [-0.4, -0.2) is 58.7 Å². The summed E-state index contributed by atoms with van der Waals surface area (Å²) in [6.45, 7) is 0. The molecule has 1 unspecified atom stereocenters. The molecule has 44 heavy (non-hydrogen) atoms. The second kappa shape index (κ2) is 13.2. The normalized spacial score (nSPS) is 20.6. The molecule has 15 heteroatoms. The number of aliphatic carboxylic acids is 1. The van der Waals surface area contributed by atoms with Gasteiger partial charge in [-0.1, -0.05) is 64.6 Å². The van der Waals surface area contributed by atoms with Crippen molar-refractivity contribution >= 4 is 79.9 Å². The second-order valence-corrected chi connectivity index (χ2v) is 14.0. The van der Waals surface area contributed by atoms with Gasteiger partial charge in [0, 0.05) is 23.7 Å². The number of carboxylic acid groups (broad SMARTS) is 1. The molecule has 2 aliphatic heterocycles. The number of carboxylic acids is 1. The third kappa shape index (κ3) is 6.83. The first-order valence-corrected chi connectivity index (χ1v) is 16.5. The lowest BCUT2D eigenvalue weighted by Crippen LogP contribution is -2.63. The fourth-order valence-corrected chi connectivity index (χ4v) is 9.29. The summed E-state index contributed by atoms with van der Waals surface area (Å²) in [5.41, 5.74) is 1.19. The first kappa shape index (κ1) is 32.5. The number of hydrogen-bond donors (Lipinski definition) is 3. The fraction of sp³-hybridized carbons (Fsp3) is 0.310. The topological polar surface area (TPSA) is 146 Å². The molecule has 3 aliphatic rings. The molecular formula is C29H26Cl4N4O6S. The van der Waals surface area contributed by atoms with Crippen molar-refractivity contribution in [3.8, 4) is 0 Å². The minimum Gasteiger partial charge on any atom is -0.480 e. The van der Waals surface area contributed by atoms with Crippen LogP contribution in [0.4, 0.5) is 5.69 Å². The van der Waals surface area contributed by atoms with E-state index in [2.05, 4.69) is 15.6 Å². The lowest BCUT2D eigenvalue weighted by Gasteiger charge is -2.49. The Morgan fingerprint density at radius 1 is 0.932 bits per heavy atom. The molecule has 1 aliphatic carbocycles.